The minimum absolute atomic E-state index is 0.686. The Morgan fingerprint density at radius 1 is 0.655 bits per heavy atom. The second kappa shape index (κ2) is 13.1. The monoisotopic (exact) mass is 402 g/mol. The highest BCUT2D eigenvalue weighted by Crippen LogP contribution is 2.40. The first-order valence-corrected chi connectivity index (χ1v) is 10.4. The van der Waals surface area contributed by atoms with Crippen molar-refractivity contribution in [2.45, 2.75) is 39.5 Å². The van der Waals surface area contributed by atoms with E-state index in [1.807, 2.05) is 38.1 Å². The first kappa shape index (κ1) is 23.0. The van der Waals surface area contributed by atoms with E-state index < -0.39 is 0 Å². The number of hydrogen-bond acceptors (Lipinski definition) is 5. The van der Waals surface area contributed by atoms with Crippen LogP contribution in [0.2, 0.25) is 0 Å². The van der Waals surface area contributed by atoms with E-state index in [2.05, 4.69) is 12.1 Å². The molecule has 0 fully saturated rings. The fraction of sp³-hybridized carbons (Fsp3) is 0.500. The zero-order valence-corrected chi connectivity index (χ0v) is 18.2. The molecular formula is C24H34O5. The maximum absolute atomic E-state index is 6.25. The summed E-state index contributed by atoms with van der Waals surface area (Å²) in [7, 11) is 3.35. The minimum Gasteiger partial charge on any atom is -0.493 e. The normalized spacial score (nSPS) is 10.8. The minimum atomic E-state index is 0.686. The van der Waals surface area contributed by atoms with Gasteiger partial charge in [-0.2, -0.15) is 0 Å². The van der Waals surface area contributed by atoms with Crippen molar-refractivity contribution in [2.75, 3.05) is 40.6 Å². The number of benzene rings is 2. The average Bonchev–Trinajstić information content (AvgIpc) is 2.74. The molecule has 2 rings (SSSR count). The highest BCUT2D eigenvalue weighted by Gasteiger charge is 2.15. The van der Waals surface area contributed by atoms with Gasteiger partial charge in [-0.15, -0.1) is 0 Å². The molecule has 0 unspecified atom stereocenters. The topological polar surface area (TPSA) is 46.2 Å². The van der Waals surface area contributed by atoms with E-state index in [1.54, 1.807) is 14.2 Å². The summed E-state index contributed by atoms with van der Waals surface area (Å²) in [6.45, 7) is 6.97. The SMILES string of the molecule is CCOCCCc1cccc(Oc2cccc(CCCOCC)c2OC)c1OC. The molecule has 0 aliphatic rings. The van der Waals surface area contributed by atoms with Crippen LogP contribution < -0.4 is 14.2 Å². The van der Waals surface area contributed by atoms with Crippen LogP contribution >= 0.6 is 0 Å². The molecule has 29 heavy (non-hydrogen) atoms. The first-order chi connectivity index (χ1) is 14.2. The Balaban J connectivity index is 2.17. The van der Waals surface area contributed by atoms with Crippen molar-refractivity contribution in [3.63, 3.8) is 0 Å². The van der Waals surface area contributed by atoms with Crippen LogP contribution in [0, 0.1) is 0 Å². The lowest BCUT2D eigenvalue weighted by molar-refractivity contribution is 0.145. The Hall–Kier alpha value is -2.24. The summed E-state index contributed by atoms with van der Waals surface area (Å²) in [6.07, 6.45) is 3.61. The van der Waals surface area contributed by atoms with Gasteiger partial charge in [-0.1, -0.05) is 24.3 Å². The van der Waals surface area contributed by atoms with Crippen LogP contribution in [0.4, 0.5) is 0 Å². The van der Waals surface area contributed by atoms with Gasteiger partial charge in [0.25, 0.3) is 0 Å². The summed E-state index contributed by atoms with van der Waals surface area (Å²) in [6, 6.07) is 12.0. The molecule has 0 bridgehead atoms. The third kappa shape index (κ3) is 6.94. The van der Waals surface area contributed by atoms with Crippen LogP contribution in [0.25, 0.3) is 0 Å². The second-order valence-electron chi connectivity index (χ2n) is 6.60. The molecule has 0 heterocycles. The van der Waals surface area contributed by atoms with E-state index >= 15 is 0 Å². The summed E-state index contributed by atoms with van der Waals surface area (Å²) in [4.78, 5) is 0. The Labute approximate surface area is 174 Å². The van der Waals surface area contributed by atoms with Crippen molar-refractivity contribution in [1.82, 2.24) is 0 Å². The number of methoxy groups -OCH3 is 2. The molecule has 0 amide bonds. The summed E-state index contributed by atoms with van der Waals surface area (Å²) in [5.74, 6) is 2.89. The molecule has 0 aromatic heterocycles. The Kier molecular flexibility index (Phi) is 10.4. The summed E-state index contributed by atoms with van der Waals surface area (Å²) >= 11 is 0. The van der Waals surface area contributed by atoms with Crippen LogP contribution in [0.5, 0.6) is 23.0 Å². The standard InChI is InChI=1S/C24H34O5/c1-5-27-17-9-13-19-11-7-15-21(23(19)25-3)29-22-16-8-12-20(24(22)26-4)14-10-18-28-6-2/h7-8,11-12,15-16H,5-6,9-10,13-14,17-18H2,1-4H3. The van der Waals surface area contributed by atoms with E-state index in [0.29, 0.717) is 11.5 Å². The fourth-order valence-electron chi connectivity index (χ4n) is 3.28. The van der Waals surface area contributed by atoms with Gasteiger partial charge in [0, 0.05) is 26.4 Å². The molecule has 0 spiro atoms. The number of hydrogen-bond donors (Lipinski definition) is 0. The number of ether oxygens (including phenoxy) is 5. The number of para-hydroxylation sites is 2. The highest BCUT2D eigenvalue weighted by molar-refractivity contribution is 5.53. The van der Waals surface area contributed by atoms with Gasteiger partial charge in [0.15, 0.2) is 23.0 Å². The lowest BCUT2D eigenvalue weighted by atomic mass is 10.1. The fourth-order valence-corrected chi connectivity index (χ4v) is 3.28. The molecule has 5 heteroatoms. The molecule has 0 saturated heterocycles. The molecule has 0 radical (unpaired) electrons. The largest absolute Gasteiger partial charge is 0.493 e. The Morgan fingerprint density at radius 2 is 1.10 bits per heavy atom. The Morgan fingerprint density at radius 3 is 1.48 bits per heavy atom. The van der Waals surface area contributed by atoms with Gasteiger partial charge in [0.05, 0.1) is 14.2 Å². The third-order valence-corrected chi connectivity index (χ3v) is 4.63. The van der Waals surface area contributed by atoms with Crippen molar-refractivity contribution in [3.05, 3.63) is 47.5 Å². The van der Waals surface area contributed by atoms with Gasteiger partial charge in [0.2, 0.25) is 0 Å². The van der Waals surface area contributed by atoms with Crippen LogP contribution in [0.15, 0.2) is 36.4 Å². The van der Waals surface area contributed by atoms with Crippen LogP contribution in [0.1, 0.15) is 37.8 Å². The van der Waals surface area contributed by atoms with Crippen molar-refractivity contribution in [3.8, 4) is 23.0 Å². The zero-order chi connectivity index (χ0) is 20.9. The molecule has 160 valence electrons. The van der Waals surface area contributed by atoms with E-state index in [1.165, 1.54) is 0 Å². The van der Waals surface area contributed by atoms with E-state index in [0.717, 1.165) is 74.7 Å². The Bertz CT molecular complexity index is 668. The van der Waals surface area contributed by atoms with Crippen molar-refractivity contribution >= 4 is 0 Å². The van der Waals surface area contributed by atoms with Gasteiger partial charge in [-0.05, 0) is 62.8 Å². The van der Waals surface area contributed by atoms with Crippen LogP contribution in [0.3, 0.4) is 0 Å². The average molecular weight is 403 g/mol. The molecule has 5 nitrogen and oxygen atoms in total. The second-order valence-corrected chi connectivity index (χ2v) is 6.60. The molecule has 0 atom stereocenters. The van der Waals surface area contributed by atoms with Crippen molar-refractivity contribution < 1.29 is 23.7 Å². The maximum Gasteiger partial charge on any atom is 0.169 e. The van der Waals surface area contributed by atoms with Crippen LogP contribution in [-0.2, 0) is 22.3 Å². The predicted octanol–water partition coefficient (Wildman–Crippen LogP) is 5.43. The van der Waals surface area contributed by atoms with E-state index in [4.69, 9.17) is 23.7 Å². The molecule has 2 aromatic carbocycles. The molecule has 2 aromatic rings. The summed E-state index contributed by atoms with van der Waals surface area (Å²) in [5.41, 5.74) is 2.22. The molecule has 0 aliphatic carbocycles. The zero-order valence-electron chi connectivity index (χ0n) is 18.2. The van der Waals surface area contributed by atoms with Gasteiger partial charge in [-0.3, -0.25) is 0 Å². The smallest absolute Gasteiger partial charge is 0.169 e. The first-order valence-electron chi connectivity index (χ1n) is 10.4. The van der Waals surface area contributed by atoms with Crippen molar-refractivity contribution in [1.29, 1.82) is 0 Å². The molecule has 0 aliphatic heterocycles. The van der Waals surface area contributed by atoms with Gasteiger partial charge < -0.3 is 23.7 Å². The maximum atomic E-state index is 6.25. The molecular weight excluding hydrogens is 368 g/mol. The number of rotatable bonds is 14. The summed E-state index contributed by atoms with van der Waals surface area (Å²) in [5, 5.41) is 0. The predicted molar refractivity (Wildman–Crippen MR) is 116 cm³/mol. The van der Waals surface area contributed by atoms with Gasteiger partial charge in [0.1, 0.15) is 0 Å². The van der Waals surface area contributed by atoms with E-state index in [9.17, 15) is 0 Å². The third-order valence-electron chi connectivity index (χ3n) is 4.63. The lowest BCUT2D eigenvalue weighted by Crippen LogP contribution is -2.01. The highest BCUT2D eigenvalue weighted by atomic mass is 16.5. The van der Waals surface area contributed by atoms with Gasteiger partial charge >= 0.3 is 0 Å². The van der Waals surface area contributed by atoms with Crippen LogP contribution in [-0.4, -0.2) is 40.6 Å². The molecule has 0 saturated carbocycles. The van der Waals surface area contributed by atoms with Crippen molar-refractivity contribution in [2.24, 2.45) is 0 Å². The van der Waals surface area contributed by atoms with Gasteiger partial charge in [-0.25, -0.2) is 0 Å². The lowest BCUT2D eigenvalue weighted by Gasteiger charge is -2.17. The quantitative estimate of drug-likeness (QED) is 0.394. The number of aryl methyl sites for hydroxylation is 2. The molecule has 0 N–H and O–H groups in total. The van der Waals surface area contributed by atoms with E-state index in [-0.39, 0.29) is 0 Å². The summed E-state index contributed by atoms with van der Waals surface area (Å²) < 4.78 is 28.5.